The van der Waals surface area contributed by atoms with E-state index in [0.717, 1.165) is 5.92 Å². The molecular formula is C15H24. The zero-order valence-electron chi connectivity index (χ0n) is 10.5. The van der Waals surface area contributed by atoms with Crippen LogP contribution >= 0.6 is 0 Å². The smallest absolute Gasteiger partial charge is 0.00545 e. The van der Waals surface area contributed by atoms with Crippen LogP contribution in [-0.4, -0.2) is 0 Å². The van der Waals surface area contributed by atoms with Crippen molar-refractivity contribution in [3.63, 3.8) is 0 Å². The van der Waals surface area contributed by atoms with Crippen molar-refractivity contribution in [1.29, 1.82) is 0 Å². The number of allylic oxidation sites excluding steroid dienone is 1. The summed E-state index contributed by atoms with van der Waals surface area (Å²) >= 11 is 0. The van der Waals surface area contributed by atoms with Gasteiger partial charge in [0.2, 0.25) is 0 Å². The average molecular weight is 204 g/mol. The van der Waals surface area contributed by atoms with Crippen molar-refractivity contribution in [2.24, 2.45) is 22.2 Å². The molecule has 3 fully saturated rings. The van der Waals surface area contributed by atoms with E-state index in [4.69, 9.17) is 0 Å². The first-order chi connectivity index (χ1) is 6.95. The Morgan fingerprint density at radius 3 is 2.53 bits per heavy atom. The van der Waals surface area contributed by atoms with Crippen LogP contribution in [0.15, 0.2) is 12.2 Å². The summed E-state index contributed by atoms with van der Waals surface area (Å²) in [5, 5.41) is 0. The van der Waals surface area contributed by atoms with Crippen molar-refractivity contribution in [2.45, 2.75) is 59.3 Å². The largest absolute Gasteiger partial charge is 0.0996 e. The summed E-state index contributed by atoms with van der Waals surface area (Å²) in [6, 6.07) is 0. The monoisotopic (exact) mass is 204 g/mol. The van der Waals surface area contributed by atoms with Crippen LogP contribution in [0.25, 0.3) is 0 Å². The molecule has 84 valence electrons. The summed E-state index contributed by atoms with van der Waals surface area (Å²) in [4.78, 5) is 0. The standard InChI is InChI=1S/C15H24/c1-11(2)15-8-5-7-14(4)12(15)6-9-13(14,3)10-15/h12H,1,5-10H2,2-4H3/t12?,13-,14+,15-/m0/s1. The Balaban J connectivity index is 2.14. The molecule has 3 aliphatic rings. The Morgan fingerprint density at radius 1 is 1.20 bits per heavy atom. The molecule has 0 aromatic carbocycles. The molecule has 0 aromatic heterocycles. The highest BCUT2D eigenvalue weighted by Crippen LogP contribution is 2.78. The maximum Gasteiger partial charge on any atom is -0.00545 e. The molecule has 0 radical (unpaired) electrons. The normalized spacial score (nSPS) is 57.1. The molecule has 3 rings (SSSR count). The van der Waals surface area contributed by atoms with Gasteiger partial charge in [-0.15, -0.1) is 0 Å². The van der Waals surface area contributed by atoms with E-state index in [1.807, 2.05) is 0 Å². The Bertz CT molecular complexity index is 329. The van der Waals surface area contributed by atoms with Crippen molar-refractivity contribution in [2.75, 3.05) is 0 Å². The molecule has 0 spiro atoms. The van der Waals surface area contributed by atoms with Gasteiger partial charge in [-0.1, -0.05) is 32.4 Å². The van der Waals surface area contributed by atoms with E-state index in [1.165, 1.54) is 44.1 Å². The quantitative estimate of drug-likeness (QED) is 0.549. The van der Waals surface area contributed by atoms with Gasteiger partial charge in [-0.05, 0) is 61.2 Å². The van der Waals surface area contributed by atoms with Crippen molar-refractivity contribution < 1.29 is 0 Å². The molecule has 0 heteroatoms. The maximum absolute atomic E-state index is 4.33. The summed E-state index contributed by atoms with van der Waals surface area (Å²) in [7, 11) is 0. The lowest BCUT2D eigenvalue weighted by atomic mass is 9.59. The van der Waals surface area contributed by atoms with E-state index in [1.54, 1.807) is 0 Å². The Kier molecular flexibility index (Phi) is 1.67. The third kappa shape index (κ3) is 0.867. The predicted molar refractivity (Wildman–Crippen MR) is 64.7 cm³/mol. The molecule has 0 aromatic rings. The van der Waals surface area contributed by atoms with E-state index < -0.39 is 0 Å². The Morgan fingerprint density at radius 2 is 1.93 bits per heavy atom. The zero-order valence-corrected chi connectivity index (χ0v) is 10.5. The van der Waals surface area contributed by atoms with Gasteiger partial charge in [-0.25, -0.2) is 0 Å². The van der Waals surface area contributed by atoms with Crippen LogP contribution in [-0.2, 0) is 0 Å². The lowest BCUT2D eigenvalue weighted by Gasteiger charge is -2.45. The Labute approximate surface area is 94.1 Å². The summed E-state index contributed by atoms with van der Waals surface area (Å²) in [6.07, 6.45) is 8.73. The lowest BCUT2D eigenvalue weighted by Crippen LogP contribution is -2.37. The van der Waals surface area contributed by atoms with Gasteiger partial charge < -0.3 is 0 Å². The van der Waals surface area contributed by atoms with Gasteiger partial charge >= 0.3 is 0 Å². The molecule has 0 aliphatic heterocycles. The molecule has 15 heavy (non-hydrogen) atoms. The van der Waals surface area contributed by atoms with E-state index in [2.05, 4.69) is 27.4 Å². The van der Waals surface area contributed by atoms with Crippen molar-refractivity contribution in [3.05, 3.63) is 12.2 Å². The topological polar surface area (TPSA) is 0 Å². The minimum absolute atomic E-state index is 0.542. The van der Waals surface area contributed by atoms with Gasteiger partial charge in [-0.3, -0.25) is 0 Å². The molecule has 0 heterocycles. The van der Waals surface area contributed by atoms with Gasteiger partial charge in [0, 0.05) is 0 Å². The second-order valence-corrected chi connectivity index (χ2v) is 7.04. The second-order valence-electron chi connectivity index (χ2n) is 7.04. The second kappa shape index (κ2) is 2.52. The fraction of sp³-hybridized carbons (Fsp3) is 0.867. The summed E-state index contributed by atoms with van der Waals surface area (Å²) < 4.78 is 0. The van der Waals surface area contributed by atoms with E-state index in [-0.39, 0.29) is 0 Å². The van der Waals surface area contributed by atoms with Crippen LogP contribution in [0.2, 0.25) is 0 Å². The van der Waals surface area contributed by atoms with Crippen LogP contribution in [0.4, 0.5) is 0 Å². The Hall–Kier alpha value is -0.260. The van der Waals surface area contributed by atoms with Crippen LogP contribution in [0.3, 0.4) is 0 Å². The molecule has 3 saturated carbocycles. The highest BCUT2D eigenvalue weighted by molar-refractivity contribution is 5.27. The third-order valence-electron chi connectivity index (χ3n) is 6.67. The van der Waals surface area contributed by atoms with Gasteiger partial charge in [0.05, 0.1) is 0 Å². The van der Waals surface area contributed by atoms with Gasteiger partial charge in [-0.2, -0.15) is 0 Å². The van der Waals surface area contributed by atoms with Crippen molar-refractivity contribution >= 4 is 0 Å². The predicted octanol–water partition coefficient (Wildman–Crippen LogP) is 4.56. The molecule has 0 nitrogen and oxygen atoms in total. The molecule has 0 N–H and O–H groups in total. The fourth-order valence-corrected chi connectivity index (χ4v) is 5.65. The molecule has 4 atom stereocenters. The van der Waals surface area contributed by atoms with Crippen molar-refractivity contribution in [3.8, 4) is 0 Å². The lowest BCUT2D eigenvalue weighted by molar-refractivity contribution is 0.0726. The van der Waals surface area contributed by atoms with E-state index in [0.29, 0.717) is 16.2 Å². The number of hydrogen-bond acceptors (Lipinski definition) is 0. The summed E-state index contributed by atoms with van der Waals surface area (Å²) in [6.45, 7) is 11.8. The minimum Gasteiger partial charge on any atom is -0.0996 e. The SMILES string of the molecule is C=C(C)[C@@]12CCC[C@]3(C)C1CC[C@@]3(C)C2. The van der Waals surface area contributed by atoms with Crippen LogP contribution in [0.5, 0.6) is 0 Å². The van der Waals surface area contributed by atoms with E-state index in [9.17, 15) is 0 Å². The van der Waals surface area contributed by atoms with Gasteiger partial charge in [0.25, 0.3) is 0 Å². The molecule has 0 saturated heterocycles. The third-order valence-corrected chi connectivity index (χ3v) is 6.67. The highest BCUT2D eigenvalue weighted by Gasteiger charge is 2.69. The van der Waals surface area contributed by atoms with Crippen LogP contribution in [0, 0.1) is 22.2 Å². The maximum atomic E-state index is 4.33. The number of rotatable bonds is 1. The van der Waals surface area contributed by atoms with Crippen LogP contribution < -0.4 is 0 Å². The summed E-state index contributed by atoms with van der Waals surface area (Å²) in [5.41, 5.74) is 3.30. The zero-order chi connectivity index (χ0) is 10.9. The van der Waals surface area contributed by atoms with Gasteiger partial charge in [0.15, 0.2) is 0 Å². The average Bonchev–Trinajstić information content (AvgIpc) is 2.45. The summed E-state index contributed by atoms with van der Waals surface area (Å²) in [5.74, 6) is 0.959. The first-order valence-corrected chi connectivity index (χ1v) is 6.61. The molecule has 0 amide bonds. The first-order valence-electron chi connectivity index (χ1n) is 6.61. The molecule has 4 bridgehead atoms. The molecule has 1 unspecified atom stereocenters. The van der Waals surface area contributed by atoms with E-state index >= 15 is 0 Å². The molecule has 3 aliphatic carbocycles. The molecular weight excluding hydrogens is 180 g/mol. The first kappa shape index (κ1) is 9.93. The fourth-order valence-electron chi connectivity index (χ4n) is 5.65. The van der Waals surface area contributed by atoms with Crippen molar-refractivity contribution in [1.82, 2.24) is 0 Å². The van der Waals surface area contributed by atoms with Crippen LogP contribution in [0.1, 0.15) is 59.3 Å². The van der Waals surface area contributed by atoms with Gasteiger partial charge in [0.1, 0.15) is 0 Å². The highest BCUT2D eigenvalue weighted by atomic mass is 14.7. The minimum atomic E-state index is 0.542. The number of hydrogen-bond donors (Lipinski definition) is 0.